The van der Waals surface area contributed by atoms with E-state index in [9.17, 15) is 10.2 Å². The van der Waals surface area contributed by atoms with Crippen LogP contribution in [0.5, 0.6) is 0 Å². The summed E-state index contributed by atoms with van der Waals surface area (Å²) in [5.74, 6) is 1.26. The lowest BCUT2D eigenvalue weighted by Gasteiger charge is -2.32. The van der Waals surface area contributed by atoms with Crippen LogP contribution in [0.4, 0.5) is 0 Å². The van der Waals surface area contributed by atoms with E-state index in [4.69, 9.17) is 4.74 Å². The van der Waals surface area contributed by atoms with Gasteiger partial charge in [-0.15, -0.1) is 13.2 Å². The average molecular weight is 341 g/mol. The standard InChI is InChI=1S/C16H28N3O3P/c1-11-17-13(18(2)3)7-9-19(11)16-15(21)14(20)12(22-16)8-10-23(4,5)6/h7,9,12,14-16,20-21H,1,4,8,10H2,2-3,5-6H3/t12-,14-,15-,16?/m1/s1. The highest BCUT2D eigenvalue weighted by Crippen LogP contribution is 2.38. The van der Waals surface area contributed by atoms with Crippen molar-refractivity contribution in [2.24, 2.45) is 4.99 Å². The quantitative estimate of drug-likeness (QED) is 0.740. The first-order valence-corrected chi connectivity index (χ1v) is 10.8. The Balaban J connectivity index is 2.06. The minimum atomic E-state index is -1.19. The topological polar surface area (TPSA) is 68.5 Å². The lowest BCUT2D eigenvalue weighted by Crippen LogP contribution is -2.42. The van der Waals surface area contributed by atoms with Gasteiger partial charge in [0.2, 0.25) is 0 Å². The van der Waals surface area contributed by atoms with Crippen LogP contribution in [0.3, 0.4) is 0 Å². The maximum absolute atomic E-state index is 10.3. The Morgan fingerprint density at radius 3 is 2.52 bits per heavy atom. The number of rotatable bonds is 4. The van der Waals surface area contributed by atoms with E-state index in [-0.39, 0.29) is 0 Å². The van der Waals surface area contributed by atoms with Crippen LogP contribution in [0.2, 0.25) is 0 Å². The maximum atomic E-state index is 10.3. The van der Waals surface area contributed by atoms with Crippen molar-refractivity contribution < 1.29 is 14.9 Å². The lowest BCUT2D eigenvalue weighted by atomic mass is 10.1. The van der Waals surface area contributed by atoms with Crippen LogP contribution in [-0.4, -0.2) is 90.3 Å². The molecule has 1 saturated heterocycles. The predicted octanol–water partition coefficient (Wildman–Crippen LogP) is 0.793. The fourth-order valence-electron chi connectivity index (χ4n) is 2.62. The van der Waals surface area contributed by atoms with Gasteiger partial charge in [-0.1, -0.05) is 6.58 Å². The molecule has 23 heavy (non-hydrogen) atoms. The summed E-state index contributed by atoms with van der Waals surface area (Å²) in [4.78, 5) is 7.94. The Hall–Kier alpha value is -1.07. The summed E-state index contributed by atoms with van der Waals surface area (Å²) in [6.07, 6.45) is 6.42. The Bertz CT molecular complexity index is 567. The number of ether oxygens (including phenoxy) is 1. The molecule has 0 aromatic rings. The first kappa shape index (κ1) is 18.3. The van der Waals surface area contributed by atoms with Gasteiger partial charge in [-0.05, 0) is 32.0 Å². The minimum Gasteiger partial charge on any atom is -0.388 e. The van der Waals surface area contributed by atoms with E-state index in [1.165, 1.54) is 0 Å². The van der Waals surface area contributed by atoms with Gasteiger partial charge < -0.3 is 24.7 Å². The lowest BCUT2D eigenvalue weighted by molar-refractivity contribution is -0.0578. The molecule has 0 aromatic carbocycles. The average Bonchev–Trinajstić information content (AvgIpc) is 2.72. The number of hydrogen-bond donors (Lipinski definition) is 2. The molecule has 0 radical (unpaired) electrons. The Morgan fingerprint density at radius 2 is 2.00 bits per heavy atom. The van der Waals surface area contributed by atoms with Crippen molar-refractivity contribution >= 4 is 19.0 Å². The van der Waals surface area contributed by atoms with Crippen molar-refractivity contribution in [3.63, 3.8) is 0 Å². The molecule has 0 bridgehead atoms. The summed E-state index contributed by atoms with van der Waals surface area (Å²) in [5.41, 5.74) is 0. The number of likely N-dealkylation sites (N-methyl/N-ethyl adjacent to an activating group) is 1. The number of aliphatic hydroxyl groups is 2. The highest BCUT2D eigenvalue weighted by molar-refractivity contribution is 7.72. The Morgan fingerprint density at radius 1 is 1.35 bits per heavy atom. The van der Waals surface area contributed by atoms with Crippen LogP contribution in [0.15, 0.2) is 29.7 Å². The van der Waals surface area contributed by atoms with Crippen molar-refractivity contribution in [1.29, 1.82) is 0 Å². The SMILES string of the molecule is C=C1N=C(N(C)C)C=CN1C1O[C@H](CCP(=C)(C)C)[C@@H](O)[C@H]1O. The van der Waals surface area contributed by atoms with Gasteiger partial charge in [0.05, 0.1) is 6.10 Å². The van der Waals surface area contributed by atoms with Crippen LogP contribution >= 0.6 is 6.89 Å². The fourth-order valence-corrected chi connectivity index (χ4v) is 3.57. The van der Waals surface area contributed by atoms with E-state index >= 15 is 0 Å². The normalized spacial score (nSPS) is 31.5. The van der Waals surface area contributed by atoms with E-state index in [0.29, 0.717) is 12.2 Å². The van der Waals surface area contributed by atoms with E-state index in [1.54, 1.807) is 11.1 Å². The zero-order valence-corrected chi connectivity index (χ0v) is 15.3. The van der Waals surface area contributed by atoms with E-state index in [1.807, 2.05) is 25.1 Å². The van der Waals surface area contributed by atoms with Gasteiger partial charge >= 0.3 is 0 Å². The monoisotopic (exact) mass is 341 g/mol. The van der Waals surface area contributed by atoms with Gasteiger partial charge in [-0.2, -0.15) is 0 Å². The van der Waals surface area contributed by atoms with Crippen LogP contribution < -0.4 is 0 Å². The summed E-state index contributed by atoms with van der Waals surface area (Å²) in [5, 5.41) is 20.6. The second-order valence-corrected chi connectivity index (χ2v) is 11.3. The molecule has 0 aromatic heterocycles. The molecule has 2 aliphatic heterocycles. The fraction of sp³-hybridized carbons (Fsp3) is 0.625. The Labute approximate surface area is 138 Å². The summed E-state index contributed by atoms with van der Waals surface area (Å²) >= 11 is 0. The van der Waals surface area contributed by atoms with Gasteiger partial charge in [0, 0.05) is 20.3 Å². The summed E-state index contributed by atoms with van der Waals surface area (Å²) in [7, 11) is 3.80. The van der Waals surface area contributed by atoms with Crippen molar-refractivity contribution in [2.45, 2.75) is 31.0 Å². The third kappa shape index (κ3) is 4.27. The van der Waals surface area contributed by atoms with Crippen molar-refractivity contribution in [3.05, 3.63) is 24.7 Å². The molecule has 7 heteroatoms. The van der Waals surface area contributed by atoms with Gasteiger partial charge in [-0.3, -0.25) is 0 Å². The number of aliphatic hydroxyl groups excluding tert-OH is 2. The van der Waals surface area contributed by atoms with Gasteiger partial charge in [-0.25, -0.2) is 4.99 Å². The molecule has 0 spiro atoms. The van der Waals surface area contributed by atoms with Gasteiger partial charge in [0.15, 0.2) is 6.23 Å². The minimum absolute atomic E-state index is 0.392. The molecule has 130 valence electrons. The van der Waals surface area contributed by atoms with E-state index < -0.39 is 31.4 Å². The zero-order chi connectivity index (χ0) is 17.4. The second-order valence-electron chi connectivity index (χ2n) is 7.00. The van der Waals surface area contributed by atoms with Crippen LogP contribution in [0.25, 0.3) is 0 Å². The van der Waals surface area contributed by atoms with Gasteiger partial charge in [0.25, 0.3) is 0 Å². The third-order valence-electron chi connectivity index (χ3n) is 4.01. The molecule has 2 rings (SSSR count). The van der Waals surface area contributed by atoms with Crippen LogP contribution in [-0.2, 0) is 4.74 Å². The van der Waals surface area contributed by atoms with E-state index in [2.05, 4.69) is 31.2 Å². The summed E-state index contributed by atoms with van der Waals surface area (Å²) in [6, 6.07) is 0. The van der Waals surface area contributed by atoms with Crippen molar-refractivity contribution in [2.75, 3.05) is 33.6 Å². The molecule has 4 atom stereocenters. The molecule has 2 aliphatic rings. The highest BCUT2D eigenvalue weighted by Gasteiger charge is 2.45. The maximum Gasteiger partial charge on any atom is 0.164 e. The van der Waals surface area contributed by atoms with Gasteiger partial charge in [0.1, 0.15) is 23.9 Å². The number of aliphatic imine (C=N–C) groups is 1. The second kappa shape index (κ2) is 6.81. The van der Waals surface area contributed by atoms with Crippen molar-refractivity contribution in [1.82, 2.24) is 9.80 Å². The molecular weight excluding hydrogens is 313 g/mol. The largest absolute Gasteiger partial charge is 0.388 e. The number of amidine groups is 1. The smallest absolute Gasteiger partial charge is 0.164 e. The molecular formula is C16H28N3O3P. The van der Waals surface area contributed by atoms with Crippen LogP contribution in [0, 0.1) is 0 Å². The highest BCUT2D eigenvalue weighted by atomic mass is 31.2. The van der Waals surface area contributed by atoms with E-state index in [0.717, 1.165) is 12.0 Å². The zero-order valence-electron chi connectivity index (χ0n) is 14.4. The third-order valence-corrected chi connectivity index (χ3v) is 5.48. The molecule has 0 amide bonds. The molecule has 6 nitrogen and oxygen atoms in total. The Kier molecular flexibility index (Phi) is 5.41. The first-order chi connectivity index (χ1) is 10.6. The first-order valence-electron chi connectivity index (χ1n) is 7.70. The molecule has 1 fully saturated rings. The molecule has 0 saturated carbocycles. The molecule has 1 unspecified atom stereocenters. The van der Waals surface area contributed by atoms with Crippen molar-refractivity contribution in [3.8, 4) is 0 Å². The molecule has 2 heterocycles. The molecule has 0 aliphatic carbocycles. The number of nitrogens with zero attached hydrogens (tertiary/aromatic N) is 3. The predicted molar refractivity (Wildman–Crippen MR) is 97.3 cm³/mol. The number of hydrogen-bond acceptors (Lipinski definition) is 6. The molecule has 2 N–H and O–H groups in total. The van der Waals surface area contributed by atoms with Crippen LogP contribution in [0.1, 0.15) is 6.42 Å². The summed E-state index contributed by atoms with van der Waals surface area (Å²) < 4.78 is 5.91. The summed E-state index contributed by atoms with van der Waals surface area (Å²) in [6.45, 7) is 7.03.